The van der Waals surface area contributed by atoms with E-state index in [0.717, 1.165) is 0 Å². The summed E-state index contributed by atoms with van der Waals surface area (Å²) in [5, 5.41) is 14.1. The van der Waals surface area contributed by atoms with Gasteiger partial charge in [0.05, 0.1) is 29.6 Å². The number of hydrogen-bond donors (Lipinski definition) is 1. The lowest BCUT2D eigenvalue weighted by Gasteiger charge is -2.03. The predicted octanol–water partition coefficient (Wildman–Crippen LogP) is -1.17. The summed E-state index contributed by atoms with van der Waals surface area (Å²) in [7, 11) is 0. The van der Waals surface area contributed by atoms with E-state index in [2.05, 4.69) is 5.10 Å². The van der Waals surface area contributed by atoms with Crippen LogP contribution in [0.4, 0.5) is 5.69 Å². The summed E-state index contributed by atoms with van der Waals surface area (Å²) in [6, 6.07) is 0. The first kappa shape index (κ1) is 8.58. The molecule has 1 aromatic heterocycles. The van der Waals surface area contributed by atoms with Crippen LogP contribution in [0, 0.1) is 13.8 Å². The molecule has 2 N–H and O–H groups in total. The van der Waals surface area contributed by atoms with E-state index in [1.54, 1.807) is 13.8 Å². The second-order valence-corrected chi connectivity index (χ2v) is 2.61. The molecule has 0 radical (unpaired) electrons. The van der Waals surface area contributed by atoms with Crippen molar-refractivity contribution < 1.29 is 9.90 Å². The number of nitrogens with zero attached hydrogens (tertiary/aromatic N) is 2. The molecular weight excluding hydrogens is 158 g/mol. The molecule has 0 amide bonds. The minimum atomic E-state index is -1.17. The highest BCUT2D eigenvalue weighted by Gasteiger charge is 2.06. The van der Waals surface area contributed by atoms with E-state index in [0.29, 0.717) is 17.1 Å². The van der Waals surface area contributed by atoms with Crippen molar-refractivity contribution in [2.45, 2.75) is 20.4 Å². The maximum absolute atomic E-state index is 10.2. The largest absolute Gasteiger partial charge is 0.548 e. The van der Waals surface area contributed by atoms with Crippen molar-refractivity contribution in [1.29, 1.82) is 0 Å². The Morgan fingerprint density at radius 3 is 2.58 bits per heavy atom. The van der Waals surface area contributed by atoms with Gasteiger partial charge in [0, 0.05) is 0 Å². The van der Waals surface area contributed by atoms with Crippen LogP contribution in [0.15, 0.2) is 0 Å². The second kappa shape index (κ2) is 2.84. The predicted molar refractivity (Wildman–Crippen MR) is 41.1 cm³/mol. The zero-order chi connectivity index (χ0) is 9.30. The Kier molecular flexibility index (Phi) is 2.03. The van der Waals surface area contributed by atoms with Gasteiger partial charge < -0.3 is 15.6 Å². The van der Waals surface area contributed by atoms with Crippen LogP contribution in [0.5, 0.6) is 0 Å². The highest BCUT2D eigenvalue weighted by atomic mass is 16.4. The Labute approximate surface area is 69.8 Å². The number of hydrogen-bond acceptors (Lipinski definition) is 4. The van der Waals surface area contributed by atoms with Crippen LogP contribution < -0.4 is 10.8 Å². The number of carboxylic acid groups (broad SMARTS) is 1. The van der Waals surface area contributed by atoms with Gasteiger partial charge in [0.15, 0.2) is 0 Å². The number of carbonyl (C=O) groups is 1. The van der Waals surface area contributed by atoms with Gasteiger partial charge in [-0.25, -0.2) is 0 Å². The molecule has 0 aromatic carbocycles. The molecule has 0 saturated carbocycles. The van der Waals surface area contributed by atoms with E-state index in [4.69, 9.17) is 5.73 Å². The molecule has 0 fully saturated rings. The lowest BCUT2D eigenvalue weighted by atomic mass is 10.3. The van der Waals surface area contributed by atoms with E-state index < -0.39 is 5.97 Å². The fourth-order valence-corrected chi connectivity index (χ4v) is 0.987. The van der Waals surface area contributed by atoms with Crippen LogP contribution in [0.2, 0.25) is 0 Å². The summed E-state index contributed by atoms with van der Waals surface area (Å²) < 4.78 is 1.32. The fourth-order valence-electron chi connectivity index (χ4n) is 0.987. The Morgan fingerprint density at radius 1 is 1.67 bits per heavy atom. The number of carbonyl (C=O) groups excluding carboxylic acids is 1. The highest BCUT2D eigenvalue weighted by Crippen LogP contribution is 2.13. The van der Waals surface area contributed by atoms with E-state index in [9.17, 15) is 9.90 Å². The SMILES string of the molecule is Cc1nn(CC(=O)[O-])c(C)c1N. The first-order chi connectivity index (χ1) is 5.52. The van der Waals surface area contributed by atoms with Crippen molar-refractivity contribution >= 4 is 11.7 Å². The average molecular weight is 168 g/mol. The van der Waals surface area contributed by atoms with Crippen LogP contribution in [-0.2, 0) is 11.3 Å². The van der Waals surface area contributed by atoms with Gasteiger partial charge in [-0.2, -0.15) is 5.10 Å². The normalized spacial score (nSPS) is 10.2. The highest BCUT2D eigenvalue weighted by molar-refractivity contribution is 5.64. The van der Waals surface area contributed by atoms with Crippen LogP contribution in [0.1, 0.15) is 11.4 Å². The number of aromatic nitrogens is 2. The van der Waals surface area contributed by atoms with Crippen molar-refractivity contribution in [3.8, 4) is 0 Å². The zero-order valence-electron chi connectivity index (χ0n) is 7.00. The number of nitrogen functional groups attached to an aromatic ring is 1. The van der Waals surface area contributed by atoms with Crippen molar-refractivity contribution in [3.63, 3.8) is 0 Å². The lowest BCUT2D eigenvalue weighted by molar-refractivity contribution is -0.306. The fraction of sp³-hybridized carbons (Fsp3) is 0.429. The minimum absolute atomic E-state index is 0.246. The Morgan fingerprint density at radius 2 is 2.25 bits per heavy atom. The molecule has 1 rings (SSSR count). The van der Waals surface area contributed by atoms with Gasteiger partial charge in [-0.05, 0) is 13.8 Å². The molecule has 1 aromatic rings. The third kappa shape index (κ3) is 1.39. The molecule has 0 aliphatic carbocycles. The molecular formula is C7H10N3O2-. The quantitative estimate of drug-likeness (QED) is 0.603. The molecule has 5 heteroatoms. The number of aryl methyl sites for hydroxylation is 1. The van der Waals surface area contributed by atoms with E-state index in [1.807, 2.05) is 0 Å². The van der Waals surface area contributed by atoms with Crippen LogP contribution >= 0.6 is 0 Å². The van der Waals surface area contributed by atoms with Crippen LogP contribution in [0.3, 0.4) is 0 Å². The zero-order valence-corrected chi connectivity index (χ0v) is 7.00. The molecule has 0 saturated heterocycles. The maximum atomic E-state index is 10.2. The molecule has 0 aliphatic heterocycles. The monoisotopic (exact) mass is 168 g/mol. The summed E-state index contributed by atoms with van der Waals surface area (Å²) in [5.74, 6) is -1.17. The molecule has 66 valence electrons. The minimum Gasteiger partial charge on any atom is -0.548 e. The Balaban J connectivity index is 3.01. The van der Waals surface area contributed by atoms with Crippen molar-refractivity contribution in [2.75, 3.05) is 5.73 Å². The Bertz CT molecular complexity index is 317. The summed E-state index contributed by atoms with van der Waals surface area (Å²) in [4.78, 5) is 10.2. The smallest absolute Gasteiger partial charge is 0.0826 e. The van der Waals surface area contributed by atoms with Gasteiger partial charge >= 0.3 is 0 Å². The van der Waals surface area contributed by atoms with E-state index >= 15 is 0 Å². The first-order valence-corrected chi connectivity index (χ1v) is 3.51. The molecule has 0 atom stereocenters. The summed E-state index contributed by atoms with van der Waals surface area (Å²) in [5.41, 5.74) is 7.43. The first-order valence-electron chi connectivity index (χ1n) is 3.51. The molecule has 12 heavy (non-hydrogen) atoms. The molecule has 0 bridgehead atoms. The molecule has 0 spiro atoms. The molecule has 0 aliphatic rings. The summed E-state index contributed by atoms with van der Waals surface area (Å²) >= 11 is 0. The third-order valence-corrected chi connectivity index (χ3v) is 1.72. The standard InChI is InChI=1S/C7H11N3O2/c1-4-7(8)5(2)10(9-4)3-6(11)12/h3,8H2,1-2H3,(H,11,12)/p-1. The molecule has 5 nitrogen and oxygen atoms in total. The Hall–Kier alpha value is -1.52. The summed E-state index contributed by atoms with van der Waals surface area (Å²) in [6.07, 6.45) is 0. The van der Waals surface area contributed by atoms with Crippen molar-refractivity contribution in [3.05, 3.63) is 11.4 Å². The van der Waals surface area contributed by atoms with Gasteiger partial charge in [-0.1, -0.05) is 0 Å². The van der Waals surface area contributed by atoms with Gasteiger partial charge in [-0.3, -0.25) is 4.68 Å². The lowest BCUT2D eigenvalue weighted by Crippen LogP contribution is -2.28. The number of rotatable bonds is 2. The number of nitrogens with two attached hydrogens (primary N) is 1. The summed E-state index contributed by atoms with van der Waals surface area (Å²) in [6.45, 7) is 3.20. The van der Waals surface area contributed by atoms with Crippen LogP contribution in [-0.4, -0.2) is 15.7 Å². The van der Waals surface area contributed by atoms with Gasteiger partial charge in [-0.15, -0.1) is 0 Å². The van der Waals surface area contributed by atoms with Crippen LogP contribution in [0.25, 0.3) is 0 Å². The molecule has 0 unspecified atom stereocenters. The van der Waals surface area contributed by atoms with Gasteiger partial charge in [0.25, 0.3) is 0 Å². The maximum Gasteiger partial charge on any atom is 0.0826 e. The molecule has 1 heterocycles. The number of carboxylic acids is 1. The average Bonchev–Trinajstić information content (AvgIpc) is 2.17. The second-order valence-electron chi connectivity index (χ2n) is 2.61. The van der Waals surface area contributed by atoms with Gasteiger partial charge in [0.2, 0.25) is 0 Å². The van der Waals surface area contributed by atoms with E-state index in [-0.39, 0.29) is 6.54 Å². The topological polar surface area (TPSA) is 84.0 Å². The number of aliphatic carboxylic acids is 1. The van der Waals surface area contributed by atoms with E-state index in [1.165, 1.54) is 4.68 Å². The number of anilines is 1. The van der Waals surface area contributed by atoms with Gasteiger partial charge in [0.1, 0.15) is 0 Å². The van der Waals surface area contributed by atoms with Crippen molar-refractivity contribution in [2.24, 2.45) is 0 Å². The van der Waals surface area contributed by atoms with Crippen molar-refractivity contribution in [1.82, 2.24) is 9.78 Å². The third-order valence-electron chi connectivity index (χ3n) is 1.72.